The Morgan fingerprint density at radius 2 is 1.56 bits per heavy atom. The average molecular weight is 453 g/mol. The fourth-order valence-corrected chi connectivity index (χ4v) is 4.40. The molecule has 0 N–H and O–H groups in total. The summed E-state index contributed by atoms with van der Waals surface area (Å²) in [5.74, 6) is 1.73. The monoisotopic (exact) mass is 452 g/mol. The van der Waals surface area contributed by atoms with Crippen LogP contribution in [0.4, 0.5) is 11.9 Å². The van der Waals surface area contributed by atoms with E-state index < -0.39 is 0 Å². The molecule has 3 aromatic rings. The summed E-state index contributed by atoms with van der Waals surface area (Å²) in [6, 6.07) is 12.3. The van der Waals surface area contributed by atoms with Gasteiger partial charge in [0.25, 0.3) is 0 Å². The van der Waals surface area contributed by atoms with Crippen LogP contribution >= 0.6 is 12.2 Å². The first kappa shape index (κ1) is 21.0. The first-order chi connectivity index (χ1) is 15.8. The van der Waals surface area contributed by atoms with E-state index in [2.05, 4.69) is 53.5 Å². The van der Waals surface area contributed by atoms with Crippen molar-refractivity contribution in [2.75, 3.05) is 62.3 Å². The van der Waals surface area contributed by atoms with Crippen molar-refractivity contribution in [2.24, 2.45) is 0 Å². The molecule has 0 aliphatic carbocycles. The van der Waals surface area contributed by atoms with Crippen molar-refractivity contribution in [1.82, 2.24) is 29.2 Å². The van der Waals surface area contributed by atoms with E-state index in [9.17, 15) is 0 Å². The molecule has 168 valence electrons. The zero-order valence-electron chi connectivity index (χ0n) is 18.1. The number of aromatic nitrogens is 5. The Labute approximate surface area is 192 Å². The highest BCUT2D eigenvalue weighted by Crippen LogP contribution is 2.18. The maximum atomic E-state index is 5.90. The largest absolute Gasteiger partial charge is 0.378 e. The molecule has 0 unspecified atom stereocenters. The Hall–Kier alpha value is -2.82. The van der Waals surface area contributed by atoms with E-state index in [1.807, 2.05) is 16.8 Å². The van der Waals surface area contributed by atoms with E-state index in [-0.39, 0.29) is 0 Å². The zero-order valence-corrected chi connectivity index (χ0v) is 18.9. The van der Waals surface area contributed by atoms with E-state index in [1.165, 1.54) is 5.56 Å². The number of anilines is 2. The fraction of sp³-hybridized carbons (Fsp3) is 0.455. The molecule has 4 heterocycles. The summed E-state index contributed by atoms with van der Waals surface area (Å²) in [6.07, 6.45) is 3.58. The number of benzene rings is 1. The van der Waals surface area contributed by atoms with Gasteiger partial charge < -0.3 is 14.5 Å². The molecule has 1 aromatic carbocycles. The van der Waals surface area contributed by atoms with Crippen LogP contribution in [0.3, 0.4) is 0 Å². The number of ether oxygens (including phenoxy) is 1. The van der Waals surface area contributed by atoms with Gasteiger partial charge in [-0.1, -0.05) is 30.3 Å². The molecule has 2 aliphatic rings. The molecular formula is C22H28N8OS. The van der Waals surface area contributed by atoms with Crippen LogP contribution < -0.4 is 9.80 Å². The molecule has 0 spiro atoms. The number of rotatable bonds is 6. The van der Waals surface area contributed by atoms with E-state index in [0.717, 1.165) is 55.9 Å². The molecule has 0 radical (unpaired) electrons. The van der Waals surface area contributed by atoms with Crippen molar-refractivity contribution in [3.05, 3.63) is 59.1 Å². The molecule has 5 rings (SSSR count). The molecule has 32 heavy (non-hydrogen) atoms. The molecule has 2 aliphatic heterocycles. The van der Waals surface area contributed by atoms with Crippen LogP contribution in [-0.2, 0) is 18.0 Å². The van der Waals surface area contributed by atoms with Crippen molar-refractivity contribution in [1.29, 1.82) is 0 Å². The van der Waals surface area contributed by atoms with Crippen LogP contribution in [-0.4, -0.2) is 81.7 Å². The third-order valence-corrected chi connectivity index (χ3v) is 6.35. The predicted molar refractivity (Wildman–Crippen MR) is 125 cm³/mol. The summed E-state index contributed by atoms with van der Waals surface area (Å²) in [6.45, 7) is 8.09. The van der Waals surface area contributed by atoms with Crippen molar-refractivity contribution in [2.45, 2.75) is 13.2 Å². The van der Waals surface area contributed by atoms with Gasteiger partial charge in [-0.15, -0.1) is 5.10 Å². The van der Waals surface area contributed by atoms with Gasteiger partial charge >= 0.3 is 0 Å². The third-order valence-electron chi connectivity index (χ3n) is 5.92. The molecule has 0 atom stereocenters. The van der Waals surface area contributed by atoms with Gasteiger partial charge in [-0.2, -0.15) is 0 Å². The second-order valence-corrected chi connectivity index (χ2v) is 8.41. The normalized spacial score (nSPS) is 17.6. The molecule has 0 amide bonds. The minimum Gasteiger partial charge on any atom is -0.378 e. The highest BCUT2D eigenvalue weighted by Gasteiger charge is 2.23. The smallest absolute Gasteiger partial charge is 0.226 e. The molecule has 0 bridgehead atoms. The minimum atomic E-state index is 0.682. The predicted octanol–water partition coefficient (Wildman–Crippen LogP) is 1.87. The maximum Gasteiger partial charge on any atom is 0.226 e. The van der Waals surface area contributed by atoms with Crippen molar-refractivity contribution in [3.8, 4) is 0 Å². The van der Waals surface area contributed by atoms with E-state index in [1.54, 1.807) is 12.4 Å². The van der Waals surface area contributed by atoms with Crippen molar-refractivity contribution in [3.63, 3.8) is 0 Å². The highest BCUT2D eigenvalue weighted by molar-refractivity contribution is 7.71. The fourth-order valence-electron chi connectivity index (χ4n) is 4.16. The summed E-state index contributed by atoms with van der Waals surface area (Å²) in [5, 5.41) is 4.97. The topological polar surface area (TPSA) is 67.5 Å². The van der Waals surface area contributed by atoms with Gasteiger partial charge in [0, 0.05) is 51.7 Å². The standard InChI is InChI=1S/C22H28N8OS/c32-22-29(17-19-5-2-1-3-6-19)21(28-13-15-31-16-14-28)25-30(22)18-26-9-11-27(12-10-26)20-23-7-4-8-24-20/h1-8H,9-18H2. The lowest BCUT2D eigenvalue weighted by Gasteiger charge is -2.34. The molecule has 2 aromatic heterocycles. The lowest BCUT2D eigenvalue weighted by Crippen LogP contribution is -2.47. The Morgan fingerprint density at radius 1 is 0.844 bits per heavy atom. The third kappa shape index (κ3) is 4.67. The van der Waals surface area contributed by atoms with Crippen LogP contribution in [0.25, 0.3) is 0 Å². The summed E-state index contributed by atoms with van der Waals surface area (Å²) in [4.78, 5) is 15.6. The van der Waals surface area contributed by atoms with Gasteiger partial charge in [0.2, 0.25) is 16.7 Å². The van der Waals surface area contributed by atoms with Crippen LogP contribution in [0.1, 0.15) is 5.56 Å². The first-order valence-corrected chi connectivity index (χ1v) is 11.5. The molecule has 10 heteroatoms. The van der Waals surface area contributed by atoms with E-state index >= 15 is 0 Å². The lowest BCUT2D eigenvalue weighted by molar-refractivity contribution is 0.121. The molecule has 0 saturated carbocycles. The van der Waals surface area contributed by atoms with E-state index in [4.69, 9.17) is 22.1 Å². The van der Waals surface area contributed by atoms with Gasteiger partial charge in [-0.25, -0.2) is 14.6 Å². The Bertz CT molecular complexity index is 1060. The molecular weight excluding hydrogens is 424 g/mol. The molecule has 9 nitrogen and oxygen atoms in total. The Morgan fingerprint density at radius 3 is 2.28 bits per heavy atom. The quantitative estimate of drug-likeness (QED) is 0.525. The number of hydrogen-bond acceptors (Lipinski definition) is 8. The van der Waals surface area contributed by atoms with Gasteiger partial charge in [0.1, 0.15) is 0 Å². The Kier molecular flexibility index (Phi) is 6.42. The SMILES string of the molecule is S=c1n(CN2CCN(c3ncccn3)CC2)nc(N2CCOCC2)n1Cc1ccccc1. The van der Waals surface area contributed by atoms with Gasteiger partial charge in [-0.3, -0.25) is 9.47 Å². The summed E-state index contributed by atoms with van der Waals surface area (Å²) in [5.41, 5.74) is 1.22. The number of hydrogen-bond donors (Lipinski definition) is 0. The van der Waals surface area contributed by atoms with Gasteiger partial charge in [0.05, 0.1) is 26.4 Å². The lowest BCUT2D eigenvalue weighted by atomic mass is 10.2. The summed E-state index contributed by atoms with van der Waals surface area (Å²) < 4.78 is 10.4. The van der Waals surface area contributed by atoms with Crippen molar-refractivity contribution >= 4 is 24.1 Å². The van der Waals surface area contributed by atoms with Crippen LogP contribution in [0.15, 0.2) is 48.8 Å². The minimum absolute atomic E-state index is 0.682. The van der Waals surface area contributed by atoms with Gasteiger partial charge in [-0.05, 0) is 23.8 Å². The molecule has 2 fully saturated rings. The zero-order chi connectivity index (χ0) is 21.8. The number of piperazine rings is 1. The summed E-state index contributed by atoms with van der Waals surface area (Å²) in [7, 11) is 0. The van der Waals surface area contributed by atoms with Crippen LogP contribution in [0.2, 0.25) is 0 Å². The van der Waals surface area contributed by atoms with Crippen molar-refractivity contribution < 1.29 is 4.74 Å². The first-order valence-electron chi connectivity index (χ1n) is 11.1. The number of nitrogens with zero attached hydrogens (tertiary/aromatic N) is 8. The molecule has 2 saturated heterocycles. The van der Waals surface area contributed by atoms with Gasteiger partial charge in [0.15, 0.2) is 0 Å². The highest BCUT2D eigenvalue weighted by atomic mass is 32.1. The second-order valence-electron chi connectivity index (χ2n) is 8.05. The van der Waals surface area contributed by atoms with E-state index in [0.29, 0.717) is 26.4 Å². The summed E-state index contributed by atoms with van der Waals surface area (Å²) >= 11 is 5.90. The van der Waals surface area contributed by atoms with Crippen LogP contribution in [0, 0.1) is 4.77 Å². The Balaban J connectivity index is 1.33. The van der Waals surface area contributed by atoms with Crippen LogP contribution in [0.5, 0.6) is 0 Å². The average Bonchev–Trinajstić information content (AvgIpc) is 3.16. The second kappa shape index (κ2) is 9.76. The maximum absolute atomic E-state index is 5.90. The number of morpholine rings is 1.